The molecule has 3 aromatic carbocycles. The minimum absolute atomic E-state index is 0.125. The fourth-order valence-electron chi connectivity index (χ4n) is 4.35. The van der Waals surface area contributed by atoms with Crippen LogP contribution < -0.4 is 4.90 Å². The zero-order valence-corrected chi connectivity index (χ0v) is 17.6. The van der Waals surface area contributed by atoms with Crippen LogP contribution in [0.25, 0.3) is 12.2 Å². The number of hydrogen-bond donors (Lipinski definition) is 0. The molecule has 0 N–H and O–H groups in total. The Morgan fingerprint density at radius 1 is 0.867 bits per heavy atom. The molecule has 3 aromatic rings. The van der Waals surface area contributed by atoms with Crippen LogP contribution >= 0.6 is 11.6 Å². The topological polar surface area (TPSA) is 15.7 Å². The summed E-state index contributed by atoms with van der Waals surface area (Å²) < 4.78 is 6.21. The molecule has 1 saturated heterocycles. The largest absolute Gasteiger partial charge is 0.374 e. The molecule has 2 aliphatic heterocycles. The van der Waals surface area contributed by atoms with Crippen molar-refractivity contribution < 1.29 is 4.74 Å². The fraction of sp³-hybridized carbons (Fsp3) is 0.231. The average Bonchev–Trinajstić information content (AvgIpc) is 2.92. The summed E-state index contributed by atoms with van der Waals surface area (Å²) in [5.41, 5.74) is 6.06. The van der Waals surface area contributed by atoms with Crippen LogP contribution in [-0.4, -0.2) is 37.2 Å². The number of benzene rings is 3. The van der Waals surface area contributed by atoms with E-state index in [1.54, 1.807) is 0 Å². The highest BCUT2D eigenvalue weighted by Gasteiger charge is 2.26. The summed E-state index contributed by atoms with van der Waals surface area (Å²) >= 11 is 6.39. The van der Waals surface area contributed by atoms with Crippen LogP contribution in [-0.2, 0) is 11.3 Å². The Kier molecular flexibility index (Phi) is 5.58. The number of halogens is 1. The zero-order valence-electron chi connectivity index (χ0n) is 16.9. The molecule has 1 fully saturated rings. The maximum atomic E-state index is 6.39. The van der Waals surface area contributed by atoms with Crippen LogP contribution in [0.3, 0.4) is 0 Å². The number of morpholine rings is 1. The van der Waals surface area contributed by atoms with Crippen molar-refractivity contribution in [1.82, 2.24) is 4.90 Å². The van der Waals surface area contributed by atoms with Crippen LogP contribution in [0, 0.1) is 0 Å². The summed E-state index contributed by atoms with van der Waals surface area (Å²) in [6, 6.07) is 25.3. The smallest absolute Gasteiger partial charge is 0.0881 e. The fourth-order valence-corrected chi connectivity index (χ4v) is 4.52. The Morgan fingerprint density at radius 2 is 1.63 bits per heavy atom. The third kappa shape index (κ3) is 4.15. The van der Waals surface area contributed by atoms with E-state index in [1.807, 2.05) is 6.07 Å². The van der Waals surface area contributed by atoms with Gasteiger partial charge in [0.15, 0.2) is 0 Å². The second-order valence-electron chi connectivity index (χ2n) is 7.92. The average molecular weight is 417 g/mol. The van der Waals surface area contributed by atoms with Gasteiger partial charge in [-0.2, -0.15) is 0 Å². The molecule has 2 heterocycles. The molecule has 1 unspecified atom stereocenters. The molecule has 30 heavy (non-hydrogen) atoms. The van der Waals surface area contributed by atoms with Crippen molar-refractivity contribution in [2.75, 3.05) is 31.1 Å². The summed E-state index contributed by atoms with van der Waals surface area (Å²) in [7, 11) is 0. The quantitative estimate of drug-likeness (QED) is 0.529. The number of hydrogen-bond acceptors (Lipinski definition) is 3. The van der Waals surface area contributed by atoms with Gasteiger partial charge in [-0.05, 0) is 34.9 Å². The first-order valence-corrected chi connectivity index (χ1v) is 10.9. The van der Waals surface area contributed by atoms with E-state index in [9.17, 15) is 0 Å². The Hall–Kier alpha value is -2.59. The molecule has 0 radical (unpaired) electrons. The van der Waals surface area contributed by atoms with E-state index in [2.05, 4.69) is 88.7 Å². The summed E-state index contributed by atoms with van der Waals surface area (Å²) in [4.78, 5) is 4.86. The maximum Gasteiger partial charge on any atom is 0.0881 e. The lowest BCUT2D eigenvalue weighted by Gasteiger charge is -2.37. The number of para-hydroxylation sites is 1. The first kappa shape index (κ1) is 19.4. The van der Waals surface area contributed by atoms with E-state index in [-0.39, 0.29) is 6.10 Å². The van der Waals surface area contributed by atoms with Crippen LogP contribution in [0.5, 0.6) is 0 Å². The van der Waals surface area contributed by atoms with Crippen LogP contribution in [0.2, 0.25) is 5.02 Å². The monoisotopic (exact) mass is 416 g/mol. The van der Waals surface area contributed by atoms with E-state index < -0.39 is 0 Å². The van der Waals surface area contributed by atoms with Gasteiger partial charge in [0.1, 0.15) is 0 Å². The number of fused-ring (bicyclic) bond motifs is 2. The molecule has 152 valence electrons. The minimum Gasteiger partial charge on any atom is -0.374 e. The maximum absolute atomic E-state index is 6.39. The first-order valence-electron chi connectivity index (χ1n) is 10.5. The van der Waals surface area contributed by atoms with Gasteiger partial charge in [-0.3, -0.25) is 4.90 Å². The van der Waals surface area contributed by atoms with Gasteiger partial charge in [-0.1, -0.05) is 78.4 Å². The van der Waals surface area contributed by atoms with Crippen LogP contribution in [0.4, 0.5) is 11.4 Å². The number of nitrogens with zero attached hydrogens (tertiary/aromatic N) is 2. The summed E-state index contributed by atoms with van der Waals surface area (Å²) in [5, 5.41) is 0.752. The lowest BCUT2D eigenvalue weighted by Crippen LogP contribution is -2.46. The van der Waals surface area contributed by atoms with Gasteiger partial charge in [-0.25, -0.2) is 0 Å². The van der Waals surface area contributed by atoms with E-state index in [1.165, 1.54) is 22.4 Å². The molecule has 4 heteroatoms. The van der Waals surface area contributed by atoms with Gasteiger partial charge in [0.2, 0.25) is 0 Å². The lowest BCUT2D eigenvalue weighted by atomic mass is 10.1. The number of anilines is 2. The molecule has 0 saturated carbocycles. The molecular formula is C26H25ClN2O. The highest BCUT2D eigenvalue weighted by molar-refractivity contribution is 6.31. The van der Waals surface area contributed by atoms with Gasteiger partial charge in [-0.15, -0.1) is 0 Å². The van der Waals surface area contributed by atoms with Crippen LogP contribution in [0.15, 0.2) is 72.8 Å². The second-order valence-corrected chi connectivity index (χ2v) is 8.36. The molecule has 0 aromatic heterocycles. The Balaban J connectivity index is 1.41. The summed E-state index contributed by atoms with van der Waals surface area (Å²) in [6.07, 6.45) is 4.49. The predicted molar refractivity (Wildman–Crippen MR) is 125 cm³/mol. The Bertz CT molecular complexity index is 1050. The molecule has 0 aliphatic carbocycles. The van der Waals surface area contributed by atoms with Crippen molar-refractivity contribution in [2.45, 2.75) is 12.6 Å². The third-order valence-electron chi connectivity index (χ3n) is 5.81. The van der Waals surface area contributed by atoms with E-state index in [4.69, 9.17) is 16.3 Å². The highest BCUT2D eigenvalue weighted by Crippen LogP contribution is 2.38. The molecule has 5 rings (SSSR count). The van der Waals surface area contributed by atoms with Crippen molar-refractivity contribution in [3.8, 4) is 0 Å². The molecule has 1 atom stereocenters. The predicted octanol–water partition coefficient (Wildman–Crippen LogP) is 5.86. The van der Waals surface area contributed by atoms with Crippen LogP contribution in [0.1, 0.15) is 16.7 Å². The SMILES string of the molecule is Clc1ccc2c(c1)N(CC1CN(Cc3ccccc3)CCO1)c1ccccc1C=C2. The first-order chi connectivity index (χ1) is 14.8. The van der Waals surface area contributed by atoms with E-state index in [0.717, 1.165) is 43.5 Å². The molecule has 2 aliphatic rings. The normalized spacial score (nSPS) is 18.6. The van der Waals surface area contributed by atoms with Crippen molar-refractivity contribution >= 4 is 35.1 Å². The van der Waals surface area contributed by atoms with Gasteiger partial charge < -0.3 is 9.64 Å². The molecule has 0 amide bonds. The van der Waals surface area contributed by atoms with Gasteiger partial charge in [0.05, 0.1) is 19.3 Å². The second kappa shape index (κ2) is 8.65. The third-order valence-corrected chi connectivity index (χ3v) is 6.05. The van der Waals surface area contributed by atoms with Crippen molar-refractivity contribution in [2.24, 2.45) is 0 Å². The molecular weight excluding hydrogens is 392 g/mol. The Morgan fingerprint density at radius 3 is 2.50 bits per heavy atom. The number of ether oxygens (including phenoxy) is 1. The molecule has 0 bridgehead atoms. The summed E-state index contributed by atoms with van der Waals surface area (Å²) in [6.45, 7) is 4.38. The molecule has 3 nitrogen and oxygen atoms in total. The van der Waals surface area contributed by atoms with E-state index >= 15 is 0 Å². The summed E-state index contributed by atoms with van der Waals surface area (Å²) in [5.74, 6) is 0. The van der Waals surface area contributed by atoms with Crippen molar-refractivity contribution in [1.29, 1.82) is 0 Å². The number of rotatable bonds is 4. The lowest BCUT2D eigenvalue weighted by molar-refractivity contribution is -0.0259. The minimum atomic E-state index is 0.125. The Labute approximate surface area is 183 Å². The van der Waals surface area contributed by atoms with Gasteiger partial charge >= 0.3 is 0 Å². The van der Waals surface area contributed by atoms with E-state index in [0.29, 0.717) is 0 Å². The van der Waals surface area contributed by atoms with Gasteiger partial charge in [0.25, 0.3) is 0 Å². The van der Waals surface area contributed by atoms with Crippen molar-refractivity contribution in [3.63, 3.8) is 0 Å². The highest BCUT2D eigenvalue weighted by atomic mass is 35.5. The van der Waals surface area contributed by atoms with Gasteiger partial charge in [0, 0.05) is 36.0 Å². The zero-order chi connectivity index (χ0) is 20.3. The molecule has 0 spiro atoms. The van der Waals surface area contributed by atoms with Crippen molar-refractivity contribution in [3.05, 3.63) is 94.5 Å². The standard InChI is InChI=1S/C26H25ClN2O/c27-23-13-12-22-11-10-21-8-4-5-9-25(21)29(26(22)16-23)19-24-18-28(14-15-30-24)17-20-6-2-1-3-7-20/h1-13,16,24H,14-15,17-19H2.